The Morgan fingerprint density at radius 3 is 2.39 bits per heavy atom. The van der Waals surface area contributed by atoms with Crippen molar-refractivity contribution < 1.29 is 27.6 Å². The van der Waals surface area contributed by atoms with Crippen molar-refractivity contribution in [3.8, 4) is 5.88 Å². The van der Waals surface area contributed by atoms with Crippen LogP contribution in [0.4, 0.5) is 4.79 Å². The first kappa shape index (κ1) is 21.9. The summed E-state index contributed by atoms with van der Waals surface area (Å²) in [7, 11) is 0.594. The smallest absolute Gasteiger partial charge is 0.389 e. The monoisotopic (exact) mass is 429 g/mol. The lowest BCUT2D eigenvalue weighted by atomic mass is 10.0. The third kappa shape index (κ3) is 4.03. The molecule has 1 amide bonds. The van der Waals surface area contributed by atoms with Gasteiger partial charge in [-0.2, -0.15) is 10.2 Å². The summed E-state index contributed by atoms with van der Waals surface area (Å²) in [6, 6.07) is 1.40. The van der Waals surface area contributed by atoms with Crippen LogP contribution >= 0.6 is 11.6 Å². The number of hydrogen-bond acceptors (Lipinski definition) is 7. The number of carbonyl (C=O) groups is 2. The summed E-state index contributed by atoms with van der Waals surface area (Å²) in [5, 5.41) is 4.80. The van der Waals surface area contributed by atoms with Crippen molar-refractivity contribution in [2.24, 2.45) is 7.05 Å². The standard InChI is InChI=1S/C17H20ClN3O6S/c1-9-7-11(13(18)10(2)15(9)28(6,24)25)14(22)12-8-19-20(3)16(12)27-17(23)21(4)26-5/h7-8H,1-6H3. The Hall–Kier alpha value is -2.43. The maximum Gasteiger partial charge on any atom is 0.440 e. The molecular formula is C17H20ClN3O6S. The molecule has 1 aromatic carbocycles. The first-order chi connectivity index (χ1) is 12.9. The summed E-state index contributed by atoms with van der Waals surface area (Å²) < 4.78 is 30.4. The minimum atomic E-state index is -3.53. The molecule has 11 heteroatoms. The van der Waals surface area contributed by atoms with Gasteiger partial charge in [0, 0.05) is 25.9 Å². The van der Waals surface area contributed by atoms with Crippen molar-refractivity contribution in [2.45, 2.75) is 18.7 Å². The van der Waals surface area contributed by atoms with E-state index in [0.717, 1.165) is 11.3 Å². The molecule has 1 heterocycles. The van der Waals surface area contributed by atoms with Gasteiger partial charge in [0.2, 0.25) is 11.7 Å². The SMILES string of the molecule is CON(C)C(=O)Oc1c(C(=O)c2cc(C)c(S(C)(=O)=O)c(C)c2Cl)cnn1C. The van der Waals surface area contributed by atoms with Gasteiger partial charge in [-0.05, 0) is 31.0 Å². The van der Waals surface area contributed by atoms with Gasteiger partial charge in [0.25, 0.3) is 0 Å². The summed E-state index contributed by atoms with van der Waals surface area (Å²) in [5.41, 5.74) is 0.728. The number of amides is 1. The van der Waals surface area contributed by atoms with E-state index in [1.54, 1.807) is 6.92 Å². The molecule has 0 spiro atoms. The van der Waals surface area contributed by atoms with Crippen LogP contribution in [0.1, 0.15) is 27.0 Å². The van der Waals surface area contributed by atoms with Crippen molar-refractivity contribution in [2.75, 3.05) is 20.4 Å². The first-order valence-corrected chi connectivity index (χ1v) is 10.2. The quantitative estimate of drug-likeness (QED) is 0.530. The van der Waals surface area contributed by atoms with Crippen LogP contribution in [0, 0.1) is 13.8 Å². The molecular weight excluding hydrogens is 410 g/mol. The molecule has 0 radical (unpaired) electrons. The van der Waals surface area contributed by atoms with E-state index in [2.05, 4.69) is 5.10 Å². The van der Waals surface area contributed by atoms with Gasteiger partial charge in [-0.25, -0.2) is 17.9 Å². The van der Waals surface area contributed by atoms with Crippen molar-refractivity contribution in [3.05, 3.63) is 39.5 Å². The van der Waals surface area contributed by atoms with Gasteiger partial charge >= 0.3 is 6.09 Å². The van der Waals surface area contributed by atoms with Gasteiger partial charge in [-0.1, -0.05) is 11.6 Å². The average molecular weight is 430 g/mol. The number of halogens is 1. The average Bonchev–Trinajstić information content (AvgIpc) is 2.96. The van der Waals surface area contributed by atoms with Crippen LogP contribution in [0.15, 0.2) is 17.2 Å². The summed E-state index contributed by atoms with van der Waals surface area (Å²) in [6.07, 6.45) is 1.46. The van der Waals surface area contributed by atoms with Gasteiger partial charge in [0.05, 0.1) is 23.2 Å². The van der Waals surface area contributed by atoms with Crippen LogP contribution in [-0.4, -0.2) is 55.6 Å². The van der Waals surface area contributed by atoms with E-state index in [4.69, 9.17) is 21.2 Å². The minimum absolute atomic E-state index is 0.00571. The Labute approximate surface area is 167 Å². The number of rotatable bonds is 5. The molecule has 2 rings (SSSR count). The van der Waals surface area contributed by atoms with Crippen LogP contribution in [0.3, 0.4) is 0 Å². The normalized spacial score (nSPS) is 11.4. The molecule has 0 aliphatic rings. The van der Waals surface area contributed by atoms with Crippen molar-refractivity contribution >= 4 is 33.3 Å². The second kappa shape index (κ2) is 7.90. The first-order valence-electron chi connectivity index (χ1n) is 7.96. The summed E-state index contributed by atoms with van der Waals surface area (Å²) in [4.78, 5) is 29.9. The predicted octanol–water partition coefficient (Wildman–Crippen LogP) is 2.32. The fourth-order valence-corrected chi connectivity index (χ4v) is 4.34. The highest BCUT2D eigenvalue weighted by Crippen LogP contribution is 2.33. The fourth-order valence-electron chi connectivity index (χ4n) is 2.75. The van der Waals surface area contributed by atoms with Gasteiger partial charge in [0.15, 0.2) is 9.84 Å². The van der Waals surface area contributed by atoms with E-state index in [-0.39, 0.29) is 32.5 Å². The maximum atomic E-state index is 13.1. The number of hydroxylamine groups is 2. The number of hydrogen-bond donors (Lipinski definition) is 0. The number of aryl methyl sites for hydroxylation is 2. The van der Waals surface area contributed by atoms with Crippen LogP contribution < -0.4 is 4.74 Å². The summed E-state index contributed by atoms with van der Waals surface area (Å²) >= 11 is 6.31. The molecule has 0 atom stereocenters. The minimum Gasteiger partial charge on any atom is -0.389 e. The summed E-state index contributed by atoms with van der Waals surface area (Å²) in [6.45, 7) is 3.11. The molecule has 28 heavy (non-hydrogen) atoms. The number of benzene rings is 1. The van der Waals surface area contributed by atoms with Gasteiger partial charge in [0.1, 0.15) is 5.56 Å². The lowest BCUT2D eigenvalue weighted by Gasteiger charge is -2.15. The highest BCUT2D eigenvalue weighted by Gasteiger charge is 2.27. The lowest BCUT2D eigenvalue weighted by molar-refractivity contribution is -0.0796. The third-order valence-electron chi connectivity index (χ3n) is 4.08. The highest BCUT2D eigenvalue weighted by atomic mass is 35.5. The molecule has 0 fully saturated rings. The zero-order chi connectivity index (χ0) is 21.4. The molecule has 2 aromatic rings. The second-order valence-corrected chi connectivity index (χ2v) is 8.48. The van der Waals surface area contributed by atoms with Crippen LogP contribution in [-0.2, 0) is 21.7 Å². The van der Waals surface area contributed by atoms with Crippen LogP contribution in [0.25, 0.3) is 0 Å². The number of aromatic nitrogens is 2. The summed E-state index contributed by atoms with van der Waals surface area (Å²) in [5.74, 6) is -0.662. The Morgan fingerprint density at radius 2 is 1.86 bits per heavy atom. The molecule has 0 saturated carbocycles. The number of carbonyl (C=O) groups excluding carboxylic acids is 2. The molecule has 1 aromatic heterocycles. The third-order valence-corrected chi connectivity index (χ3v) is 5.94. The van der Waals surface area contributed by atoms with Crippen molar-refractivity contribution in [3.63, 3.8) is 0 Å². The number of nitrogens with zero attached hydrogens (tertiary/aromatic N) is 3. The highest BCUT2D eigenvalue weighted by molar-refractivity contribution is 7.90. The molecule has 0 bridgehead atoms. The molecule has 0 aliphatic carbocycles. The second-order valence-electron chi connectivity index (χ2n) is 6.15. The van der Waals surface area contributed by atoms with E-state index in [9.17, 15) is 18.0 Å². The molecule has 9 nitrogen and oxygen atoms in total. The number of ketones is 1. The van der Waals surface area contributed by atoms with Crippen LogP contribution in [0.2, 0.25) is 5.02 Å². The zero-order valence-electron chi connectivity index (χ0n) is 16.2. The number of ether oxygens (including phenoxy) is 1. The Bertz CT molecular complexity index is 1060. The van der Waals surface area contributed by atoms with Gasteiger partial charge in [-0.15, -0.1) is 0 Å². The molecule has 0 unspecified atom stereocenters. The zero-order valence-corrected chi connectivity index (χ0v) is 17.8. The van der Waals surface area contributed by atoms with Gasteiger partial charge < -0.3 is 4.74 Å². The lowest BCUT2D eigenvalue weighted by Crippen LogP contribution is -2.29. The van der Waals surface area contributed by atoms with E-state index in [1.807, 2.05) is 0 Å². The van der Waals surface area contributed by atoms with Crippen molar-refractivity contribution in [1.29, 1.82) is 0 Å². The number of sulfone groups is 1. The molecule has 0 N–H and O–H groups in total. The van der Waals surface area contributed by atoms with Crippen LogP contribution in [0.5, 0.6) is 5.88 Å². The molecule has 152 valence electrons. The molecule has 0 aliphatic heterocycles. The van der Waals surface area contributed by atoms with E-state index in [1.165, 1.54) is 45.1 Å². The topological polar surface area (TPSA) is 108 Å². The van der Waals surface area contributed by atoms with E-state index >= 15 is 0 Å². The fraction of sp³-hybridized carbons (Fsp3) is 0.353. The molecule has 0 saturated heterocycles. The predicted molar refractivity (Wildman–Crippen MR) is 101 cm³/mol. The van der Waals surface area contributed by atoms with Gasteiger partial charge in [-0.3, -0.25) is 9.63 Å². The Morgan fingerprint density at radius 1 is 1.25 bits per heavy atom. The van der Waals surface area contributed by atoms with Crippen molar-refractivity contribution in [1.82, 2.24) is 14.8 Å². The van der Waals surface area contributed by atoms with E-state index in [0.29, 0.717) is 5.56 Å². The maximum absolute atomic E-state index is 13.1. The largest absolute Gasteiger partial charge is 0.440 e. The Balaban J connectivity index is 2.56. The Kier molecular flexibility index (Phi) is 6.17. The van der Waals surface area contributed by atoms with E-state index < -0.39 is 21.7 Å².